The lowest BCUT2D eigenvalue weighted by atomic mass is 9.98. The molecule has 11 heteroatoms. The number of aromatic nitrogens is 1. The van der Waals surface area contributed by atoms with Crippen molar-refractivity contribution in [1.82, 2.24) is 14.6 Å². The number of nitrogens with zero attached hydrogens (tertiary/aromatic N) is 2. The first-order valence-corrected chi connectivity index (χ1v) is 11.3. The Hall–Kier alpha value is -3.86. The second-order valence-electron chi connectivity index (χ2n) is 8.37. The highest BCUT2D eigenvalue weighted by molar-refractivity contribution is 7.09. The molecule has 34 heavy (non-hydrogen) atoms. The molecule has 1 atom stereocenters. The minimum Gasteiger partial charge on any atom is -0.508 e. The summed E-state index contributed by atoms with van der Waals surface area (Å²) >= 11 is 0.729. The monoisotopic (exact) mass is 485 g/mol. The van der Waals surface area contributed by atoms with Crippen molar-refractivity contribution in [2.75, 3.05) is 5.73 Å². The molecule has 0 saturated carbocycles. The molecular formula is C23H27N5O5S. The fourth-order valence-corrected chi connectivity index (χ4v) is 3.99. The average Bonchev–Trinajstić information content (AvgIpc) is 3.43. The Morgan fingerprint density at radius 3 is 2.44 bits per heavy atom. The average molecular weight is 486 g/mol. The third-order valence-electron chi connectivity index (χ3n) is 5.44. The Bertz CT molecular complexity index is 1170. The van der Waals surface area contributed by atoms with E-state index in [-0.39, 0.29) is 28.6 Å². The number of anilines is 1. The van der Waals surface area contributed by atoms with Crippen molar-refractivity contribution >= 4 is 34.9 Å². The molecule has 3 rings (SSSR count). The van der Waals surface area contributed by atoms with E-state index in [0.29, 0.717) is 17.7 Å². The normalized spacial score (nSPS) is 12.2. The number of aromatic hydroxyl groups is 1. The number of furan rings is 1. The molecule has 0 saturated heterocycles. The lowest BCUT2D eigenvalue weighted by molar-refractivity contribution is -0.127. The number of nitrogen functional groups attached to an aromatic ring is 1. The summed E-state index contributed by atoms with van der Waals surface area (Å²) in [5.41, 5.74) is 10.9. The minimum absolute atomic E-state index is 0.0125. The largest absolute Gasteiger partial charge is 0.508 e. The molecule has 0 aliphatic rings. The maximum absolute atomic E-state index is 13.7. The number of benzene rings is 1. The number of rotatable bonds is 9. The summed E-state index contributed by atoms with van der Waals surface area (Å²) in [6, 6.07) is 8.22. The first kappa shape index (κ1) is 24.8. The maximum Gasteiger partial charge on any atom is 0.270 e. The summed E-state index contributed by atoms with van der Waals surface area (Å²) in [6.45, 7) is 5.61. The lowest BCUT2D eigenvalue weighted by Gasteiger charge is -2.34. The predicted octanol–water partition coefficient (Wildman–Crippen LogP) is 2.81. The molecule has 2 heterocycles. The Balaban J connectivity index is 2.13. The Labute approximate surface area is 200 Å². The highest BCUT2D eigenvalue weighted by atomic mass is 32.1. The summed E-state index contributed by atoms with van der Waals surface area (Å²) < 4.78 is 9.36. The van der Waals surface area contributed by atoms with Gasteiger partial charge < -0.3 is 31.2 Å². The number of phenolic OH excluding ortho intramolecular Hbond substituents is 1. The number of carbonyl (C=O) groups is 3. The molecule has 0 aliphatic heterocycles. The number of amides is 3. The van der Waals surface area contributed by atoms with E-state index < -0.39 is 29.3 Å². The third-order valence-corrected chi connectivity index (χ3v) is 6.29. The topological polar surface area (TPSA) is 165 Å². The van der Waals surface area contributed by atoms with E-state index in [4.69, 9.17) is 15.9 Å². The van der Waals surface area contributed by atoms with Gasteiger partial charge in [0.15, 0.2) is 5.69 Å². The maximum atomic E-state index is 13.7. The molecule has 0 unspecified atom stereocenters. The summed E-state index contributed by atoms with van der Waals surface area (Å²) in [4.78, 5) is 40.2. The number of hydrogen-bond donors (Lipinski definition) is 4. The van der Waals surface area contributed by atoms with Crippen LogP contribution in [-0.2, 0) is 11.3 Å². The summed E-state index contributed by atoms with van der Waals surface area (Å²) in [5, 5.41) is 12.7. The molecule has 0 fully saturated rings. The van der Waals surface area contributed by atoms with Crippen LogP contribution in [0.15, 0.2) is 47.1 Å². The van der Waals surface area contributed by atoms with Crippen molar-refractivity contribution in [1.29, 1.82) is 0 Å². The van der Waals surface area contributed by atoms with Crippen LogP contribution in [0.5, 0.6) is 5.75 Å². The van der Waals surface area contributed by atoms with Crippen LogP contribution in [0.1, 0.15) is 64.7 Å². The van der Waals surface area contributed by atoms with Gasteiger partial charge in [0.25, 0.3) is 11.8 Å². The lowest BCUT2D eigenvalue weighted by Crippen LogP contribution is -2.50. The van der Waals surface area contributed by atoms with Gasteiger partial charge in [-0.05, 0) is 61.6 Å². The fourth-order valence-electron chi connectivity index (χ4n) is 3.23. The molecule has 3 aromatic rings. The highest BCUT2D eigenvalue weighted by Crippen LogP contribution is 2.31. The Kier molecular flexibility index (Phi) is 7.26. The number of carbonyl (C=O) groups excluding carboxylic acids is 3. The SMILES string of the molecule is CCC(C)(C)NC(=O)[C@@H](c1ccc(O)cc1)N(Cc1ccco1)C(=O)c1snc(C(N)=O)c1N. The second-order valence-corrected chi connectivity index (χ2v) is 9.14. The smallest absolute Gasteiger partial charge is 0.270 e. The Morgan fingerprint density at radius 2 is 1.91 bits per heavy atom. The van der Waals surface area contributed by atoms with E-state index in [1.807, 2.05) is 20.8 Å². The van der Waals surface area contributed by atoms with Gasteiger partial charge in [0.2, 0.25) is 5.91 Å². The van der Waals surface area contributed by atoms with E-state index in [0.717, 1.165) is 11.5 Å². The molecule has 10 nitrogen and oxygen atoms in total. The summed E-state index contributed by atoms with van der Waals surface area (Å²) in [6.07, 6.45) is 2.11. The number of phenols is 1. The van der Waals surface area contributed by atoms with Crippen LogP contribution in [0.2, 0.25) is 0 Å². The van der Waals surface area contributed by atoms with Gasteiger partial charge in [-0.25, -0.2) is 0 Å². The van der Waals surface area contributed by atoms with Crippen molar-refractivity contribution in [3.05, 3.63) is 64.6 Å². The quantitative estimate of drug-likeness (QED) is 0.362. The molecule has 0 aliphatic carbocycles. The van der Waals surface area contributed by atoms with Crippen molar-refractivity contribution in [2.45, 2.75) is 45.3 Å². The molecule has 180 valence electrons. The summed E-state index contributed by atoms with van der Waals surface area (Å²) in [7, 11) is 0. The van der Waals surface area contributed by atoms with E-state index >= 15 is 0 Å². The molecule has 6 N–H and O–H groups in total. The predicted molar refractivity (Wildman–Crippen MR) is 127 cm³/mol. The zero-order valence-electron chi connectivity index (χ0n) is 19.1. The first-order valence-electron chi connectivity index (χ1n) is 10.5. The highest BCUT2D eigenvalue weighted by Gasteiger charge is 2.37. The van der Waals surface area contributed by atoms with Crippen molar-refractivity contribution in [3.8, 4) is 5.75 Å². The molecular weight excluding hydrogens is 458 g/mol. The zero-order chi connectivity index (χ0) is 25.0. The van der Waals surface area contributed by atoms with E-state index in [9.17, 15) is 19.5 Å². The number of nitrogens with one attached hydrogen (secondary N) is 1. The van der Waals surface area contributed by atoms with Crippen LogP contribution in [0.4, 0.5) is 5.69 Å². The molecule has 0 bridgehead atoms. The van der Waals surface area contributed by atoms with Gasteiger partial charge in [0.05, 0.1) is 18.5 Å². The third kappa shape index (κ3) is 5.37. The zero-order valence-corrected chi connectivity index (χ0v) is 19.9. The van der Waals surface area contributed by atoms with Crippen molar-refractivity contribution in [2.24, 2.45) is 5.73 Å². The van der Waals surface area contributed by atoms with Crippen LogP contribution in [0, 0.1) is 0 Å². The standard InChI is InChI=1S/C23H27N5O5S/c1-4-23(2,3)26-21(31)18(13-7-9-14(29)10-8-13)28(12-15-6-5-11-33-15)22(32)19-16(24)17(20(25)30)27-34-19/h5-11,18,29H,4,12,24H2,1-3H3,(H2,25,30)(H,26,31)/t18-/m1/s1. The van der Waals surface area contributed by atoms with Crippen LogP contribution in [0.3, 0.4) is 0 Å². The minimum atomic E-state index is -1.11. The van der Waals surface area contributed by atoms with Crippen molar-refractivity contribution < 1.29 is 23.9 Å². The molecule has 0 spiro atoms. The van der Waals surface area contributed by atoms with Gasteiger partial charge in [0, 0.05) is 5.54 Å². The number of hydrogen-bond acceptors (Lipinski definition) is 8. The summed E-state index contributed by atoms with van der Waals surface area (Å²) in [5.74, 6) is -1.48. The van der Waals surface area contributed by atoms with Gasteiger partial charge >= 0.3 is 0 Å². The van der Waals surface area contributed by atoms with Gasteiger partial charge in [-0.15, -0.1) is 0 Å². The molecule has 3 amide bonds. The number of primary amides is 1. The van der Waals surface area contributed by atoms with E-state index in [2.05, 4.69) is 9.69 Å². The van der Waals surface area contributed by atoms with Crippen LogP contribution < -0.4 is 16.8 Å². The van der Waals surface area contributed by atoms with Crippen LogP contribution in [0.25, 0.3) is 0 Å². The molecule has 2 aromatic heterocycles. The number of nitrogens with two attached hydrogens (primary N) is 2. The fraction of sp³-hybridized carbons (Fsp3) is 0.304. The van der Waals surface area contributed by atoms with Crippen LogP contribution >= 0.6 is 11.5 Å². The second kappa shape index (κ2) is 9.96. The molecule has 1 aromatic carbocycles. The van der Waals surface area contributed by atoms with Gasteiger partial charge in [0.1, 0.15) is 22.4 Å². The van der Waals surface area contributed by atoms with Crippen molar-refractivity contribution in [3.63, 3.8) is 0 Å². The Morgan fingerprint density at radius 1 is 1.24 bits per heavy atom. The first-order chi connectivity index (χ1) is 16.0. The van der Waals surface area contributed by atoms with E-state index in [1.54, 1.807) is 24.3 Å². The van der Waals surface area contributed by atoms with Gasteiger partial charge in [-0.2, -0.15) is 4.37 Å². The van der Waals surface area contributed by atoms with Gasteiger partial charge in [-0.3, -0.25) is 14.4 Å². The van der Waals surface area contributed by atoms with Crippen LogP contribution in [-0.4, -0.2) is 37.6 Å². The van der Waals surface area contributed by atoms with Gasteiger partial charge in [-0.1, -0.05) is 19.1 Å². The van der Waals surface area contributed by atoms with E-state index in [1.165, 1.54) is 23.3 Å². The molecule has 0 radical (unpaired) electrons.